The molecule has 2 aliphatic carbocycles. The first-order chi connectivity index (χ1) is 16.9. The Bertz CT molecular complexity index is 1080. The van der Waals surface area contributed by atoms with Crippen molar-refractivity contribution in [2.24, 2.45) is 22.6 Å². The molecule has 0 radical (unpaired) electrons. The van der Waals surface area contributed by atoms with E-state index >= 15 is 0 Å². The van der Waals surface area contributed by atoms with Crippen molar-refractivity contribution in [1.82, 2.24) is 0 Å². The van der Waals surface area contributed by atoms with Gasteiger partial charge in [-0.25, -0.2) is 0 Å². The molecule has 2 atom stereocenters. The molecule has 4 rings (SSSR count). The van der Waals surface area contributed by atoms with Crippen molar-refractivity contribution in [3.05, 3.63) is 63.7 Å². The molecule has 0 saturated heterocycles. The standard InChI is InChI=1S/C31H42N2O2/c1-20-14-24-17-26(35-13-7-12-32)10-11-27(24)28(20)18-25-15-21(2)29(19-30(25)22(3)34)31(33-4)16-23-8-5-6-9-23/h10-11,15,17,19-20,23,28H,5-9,12-14,16,18,32H2,1-4H3. The summed E-state index contributed by atoms with van der Waals surface area (Å²) in [5.74, 6) is 2.74. The topological polar surface area (TPSA) is 64.7 Å². The molecule has 2 N–H and O–H groups in total. The van der Waals surface area contributed by atoms with Crippen molar-refractivity contribution in [3.63, 3.8) is 0 Å². The van der Waals surface area contributed by atoms with Crippen molar-refractivity contribution in [3.8, 4) is 5.75 Å². The van der Waals surface area contributed by atoms with Crippen molar-refractivity contribution in [2.75, 3.05) is 20.2 Å². The van der Waals surface area contributed by atoms with Gasteiger partial charge in [-0.15, -0.1) is 0 Å². The van der Waals surface area contributed by atoms with Crippen molar-refractivity contribution in [2.45, 2.75) is 78.1 Å². The molecule has 188 valence electrons. The number of benzene rings is 2. The van der Waals surface area contributed by atoms with Crippen LogP contribution in [-0.4, -0.2) is 31.7 Å². The Morgan fingerprint density at radius 2 is 1.91 bits per heavy atom. The molecule has 1 saturated carbocycles. The van der Waals surface area contributed by atoms with Gasteiger partial charge in [0.2, 0.25) is 0 Å². The van der Waals surface area contributed by atoms with E-state index in [2.05, 4.69) is 49.2 Å². The maximum atomic E-state index is 12.8. The van der Waals surface area contributed by atoms with Crippen LogP contribution in [-0.2, 0) is 12.8 Å². The van der Waals surface area contributed by atoms with E-state index in [1.54, 1.807) is 6.92 Å². The van der Waals surface area contributed by atoms with E-state index in [0.29, 0.717) is 25.0 Å². The summed E-state index contributed by atoms with van der Waals surface area (Å²) in [5, 5.41) is 0. The average Bonchev–Trinajstić information content (AvgIpc) is 3.45. The first kappa shape index (κ1) is 25.6. The summed E-state index contributed by atoms with van der Waals surface area (Å²) >= 11 is 0. The highest BCUT2D eigenvalue weighted by Crippen LogP contribution is 2.42. The third kappa shape index (κ3) is 5.86. The normalized spacial score (nSPS) is 20.3. The molecule has 0 aromatic heterocycles. The molecule has 2 aromatic carbocycles. The van der Waals surface area contributed by atoms with Crippen molar-refractivity contribution in [1.29, 1.82) is 0 Å². The Morgan fingerprint density at radius 1 is 1.14 bits per heavy atom. The number of rotatable bonds is 10. The molecule has 0 amide bonds. The number of nitrogens with zero attached hydrogens (tertiary/aromatic N) is 1. The number of hydrogen-bond donors (Lipinski definition) is 1. The molecule has 0 heterocycles. The Morgan fingerprint density at radius 3 is 2.60 bits per heavy atom. The number of aryl methyl sites for hydroxylation is 1. The van der Waals surface area contributed by atoms with Crippen LogP contribution in [0.4, 0.5) is 0 Å². The maximum absolute atomic E-state index is 12.8. The molecular weight excluding hydrogens is 432 g/mol. The van der Waals surface area contributed by atoms with Gasteiger partial charge in [0, 0.05) is 18.3 Å². The second-order valence-corrected chi connectivity index (χ2v) is 10.7. The molecule has 2 aliphatic rings. The number of ether oxygens (including phenoxy) is 1. The minimum absolute atomic E-state index is 0.145. The highest BCUT2D eigenvalue weighted by Gasteiger charge is 2.31. The van der Waals surface area contributed by atoms with Crippen molar-refractivity contribution < 1.29 is 9.53 Å². The lowest BCUT2D eigenvalue weighted by molar-refractivity contribution is 0.101. The zero-order valence-corrected chi connectivity index (χ0v) is 22.0. The van der Waals surface area contributed by atoms with Gasteiger partial charge in [-0.2, -0.15) is 0 Å². The fraction of sp³-hybridized carbons (Fsp3) is 0.548. The molecular formula is C31H42N2O2. The molecule has 2 aromatic rings. The Hall–Kier alpha value is -2.46. The number of ketones is 1. The van der Waals surface area contributed by atoms with E-state index in [9.17, 15) is 4.79 Å². The number of carbonyl (C=O) groups is 1. The van der Waals surface area contributed by atoms with Crippen LogP contribution in [0.1, 0.15) is 96.5 Å². The molecule has 0 aliphatic heterocycles. The van der Waals surface area contributed by atoms with Gasteiger partial charge < -0.3 is 10.5 Å². The van der Waals surface area contributed by atoms with Crippen LogP contribution in [0.3, 0.4) is 0 Å². The summed E-state index contributed by atoms with van der Waals surface area (Å²) in [5.41, 5.74) is 14.0. The number of aliphatic imine (C=N–C) groups is 1. The number of fused-ring (bicyclic) bond motifs is 1. The minimum Gasteiger partial charge on any atom is -0.494 e. The van der Waals surface area contributed by atoms with Crippen LogP contribution in [0.25, 0.3) is 0 Å². The van der Waals surface area contributed by atoms with Gasteiger partial charge in [0.1, 0.15) is 5.75 Å². The van der Waals surface area contributed by atoms with Gasteiger partial charge in [0.15, 0.2) is 5.78 Å². The molecule has 4 nitrogen and oxygen atoms in total. The van der Waals surface area contributed by atoms with Gasteiger partial charge in [0.05, 0.1) is 6.61 Å². The zero-order chi connectivity index (χ0) is 24.9. The third-order valence-corrected chi connectivity index (χ3v) is 8.17. The summed E-state index contributed by atoms with van der Waals surface area (Å²) in [4.78, 5) is 17.5. The van der Waals surface area contributed by atoms with Gasteiger partial charge in [-0.1, -0.05) is 44.7 Å². The third-order valence-electron chi connectivity index (χ3n) is 8.17. The lowest BCUT2D eigenvalue weighted by atomic mass is 9.83. The first-order valence-electron chi connectivity index (χ1n) is 13.5. The summed E-state index contributed by atoms with van der Waals surface area (Å²) in [7, 11) is 1.90. The monoisotopic (exact) mass is 474 g/mol. The summed E-state index contributed by atoms with van der Waals surface area (Å²) in [6, 6.07) is 10.9. The zero-order valence-electron chi connectivity index (χ0n) is 22.0. The second kappa shape index (κ2) is 11.5. The number of carbonyl (C=O) groups excluding carboxylic acids is 1. The Balaban J connectivity index is 1.58. The highest BCUT2D eigenvalue weighted by atomic mass is 16.5. The summed E-state index contributed by atoms with van der Waals surface area (Å²) in [6.45, 7) is 7.52. The predicted molar refractivity (Wildman–Crippen MR) is 145 cm³/mol. The van der Waals surface area contributed by atoms with E-state index in [-0.39, 0.29) is 5.78 Å². The molecule has 1 fully saturated rings. The van der Waals surface area contributed by atoms with Gasteiger partial charge in [-0.05, 0) is 110 Å². The van der Waals surface area contributed by atoms with Gasteiger partial charge in [-0.3, -0.25) is 9.79 Å². The maximum Gasteiger partial charge on any atom is 0.160 e. The van der Waals surface area contributed by atoms with E-state index in [1.807, 2.05) is 7.05 Å². The summed E-state index contributed by atoms with van der Waals surface area (Å²) in [6.07, 6.45) is 9.10. The van der Waals surface area contributed by atoms with Gasteiger partial charge >= 0.3 is 0 Å². The minimum atomic E-state index is 0.145. The first-order valence-corrected chi connectivity index (χ1v) is 13.5. The van der Waals surface area contributed by atoms with Crippen LogP contribution in [0.15, 0.2) is 35.3 Å². The number of Topliss-reactive ketones (excluding diaryl/α,β-unsaturated/α-hetero) is 1. The highest BCUT2D eigenvalue weighted by molar-refractivity contribution is 6.05. The SMILES string of the molecule is CN=C(CC1CCCC1)c1cc(C(C)=O)c(CC2c3ccc(OCCCN)cc3CC2C)cc1C. The lowest BCUT2D eigenvalue weighted by Gasteiger charge is -2.21. The van der Waals surface area contributed by atoms with E-state index in [0.717, 1.165) is 54.2 Å². The smallest absolute Gasteiger partial charge is 0.160 e. The van der Waals surface area contributed by atoms with Crippen LogP contribution in [0.2, 0.25) is 0 Å². The number of hydrogen-bond acceptors (Lipinski definition) is 4. The fourth-order valence-electron chi connectivity index (χ4n) is 6.21. The Kier molecular flexibility index (Phi) is 8.43. The molecule has 35 heavy (non-hydrogen) atoms. The molecule has 0 bridgehead atoms. The number of nitrogens with two attached hydrogens (primary N) is 1. The van der Waals surface area contributed by atoms with Crippen LogP contribution >= 0.6 is 0 Å². The van der Waals surface area contributed by atoms with Crippen molar-refractivity contribution >= 4 is 11.5 Å². The second-order valence-electron chi connectivity index (χ2n) is 10.7. The lowest BCUT2D eigenvalue weighted by Crippen LogP contribution is -2.14. The van der Waals surface area contributed by atoms with E-state index in [1.165, 1.54) is 47.9 Å². The van der Waals surface area contributed by atoms with Crippen LogP contribution < -0.4 is 10.5 Å². The van der Waals surface area contributed by atoms with Gasteiger partial charge in [0.25, 0.3) is 0 Å². The quantitative estimate of drug-likeness (QED) is 0.245. The largest absolute Gasteiger partial charge is 0.494 e. The van der Waals surface area contributed by atoms with E-state index < -0.39 is 0 Å². The molecule has 4 heteroatoms. The fourth-order valence-corrected chi connectivity index (χ4v) is 6.21. The summed E-state index contributed by atoms with van der Waals surface area (Å²) < 4.78 is 5.88. The van der Waals surface area contributed by atoms with E-state index in [4.69, 9.17) is 10.5 Å². The average molecular weight is 475 g/mol. The molecule has 2 unspecified atom stereocenters. The molecule has 0 spiro atoms. The predicted octanol–water partition coefficient (Wildman–Crippen LogP) is 6.44. The Labute approximate surface area is 211 Å². The van der Waals surface area contributed by atoms with Crippen LogP contribution in [0, 0.1) is 18.8 Å². The van der Waals surface area contributed by atoms with Crippen LogP contribution in [0.5, 0.6) is 5.75 Å².